The summed E-state index contributed by atoms with van der Waals surface area (Å²) in [5.41, 5.74) is 1.73. The van der Waals surface area contributed by atoms with Crippen molar-refractivity contribution in [1.29, 1.82) is 0 Å². The molecule has 4 aromatic rings. The summed E-state index contributed by atoms with van der Waals surface area (Å²) in [4.78, 5) is 17.7. The van der Waals surface area contributed by atoms with Crippen LogP contribution in [0.3, 0.4) is 0 Å². The van der Waals surface area contributed by atoms with Crippen LogP contribution >= 0.6 is 7.37 Å². The number of hydrogen-bond acceptors (Lipinski definition) is 5. The van der Waals surface area contributed by atoms with E-state index in [0.717, 1.165) is 0 Å². The van der Waals surface area contributed by atoms with Crippen molar-refractivity contribution in [3.63, 3.8) is 0 Å². The number of nitrogens with zero attached hydrogens (tertiary/aromatic N) is 1. The van der Waals surface area contributed by atoms with Crippen molar-refractivity contribution < 1.29 is 18.6 Å². The number of hydrogen-bond donors (Lipinski definition) is 0. The molecule has 4 rings (SSSR count). The van der Waals surface area contributed by atoms with E-state index in [4.69, 9.17) is 9.26 Å². The van der Waals surface area contributed by atoms with Gasteiger partial charge >= 0.3 is 5.97 Å². The average Bonchev–Trinajstić information content (AvgIpc) is 2.65. The summed E-state index contributed by atoms with van der Waals surface area (Å²) in [5, 5.41) is 1.27. The van der Waals surface area contributed by atoms with Gasteiger partial charge in [0.25, 0.3) is 0 Å². The van der Waals surface area contributed by atoms with Crippen LogP contribution in [-0.2, 0) is 4.57 Å². The zero-order valence-electron chi connectivity index (χ0n) is 15.5. The molecule has 0 aliphatic rings. The van der Waals surface area contributed by atoms with E-state index in [1.54, 1.807) is 55.8 Å². The Kier molecular flexibility index (Phi) is 4.62. The Bertz CT molecular complexity index is 1230. The maximum Gasteiger partial charge on any atom is 0.344 e. The summed E-state index contributed by atoms with van der Waals surface area (Å²) >= 11 is 0. The third kappa shape index (κ3) is 3.75. The third-order valence-electron chi connectivity index (χ3n) is 4.13. The number of ether oxygens (including phenoxy) is 1. The topological polar surface area (TPSA) is 65.5 Å². The number of fused-ring (bicyclic) bond motifs is 2. The highest BCUT2D eigenvalue weighted by Gasteiger charge is 2.19. The second-order valence-corrected chi connectivity index (χ2v) is 9.42. The van der Waals surface area contributed by atoms with Crippen molar-refractivity contribution in [1.82, 2.24) is 4.98 Å². The Hall–Kier alpha value is -3.17. The molecule has 1 aromatic heterocycles. The first kappa shape index (κ1) is 18.2. The van der Waals surface area contributed by atoms with E-state index in [0.29, 0.717) is 38.9 Å². The fourth-order valence-electron chi connectivity index (χ4n) is 3.05. The van der Waals surface area contributed by atoms with Crippen molar-refractivity contribution in [2.24, 2.45) is 0 Å². The standard InChI is InChI=1S/C22H18NO4P/c1-28(2,25)27-16-12-13-20-18(14-16)21(17-10-6-7-11-19(17)23-20)22(24)26-15-8-4-3-5-9-15/h3-14H,1-2H3. The predicted octanol–water partition coefficient (Wildman–Crippen LogP) is 5.52. The molecule has 0 saturated heterocycles. The highest BCUT2D eigenvalue weighted by molar-refractivity contribution is 7.57. The molecule has 0 unspecified atom stereocenters. The lowest BCUT2D eigenvalue weighted by Gasteiger charge is -2.14. The van der Waals surface area contributed by atoms with Gasteiger partial charge in [-0.1, -0.05) is 36.4 Å². The molecule has 0 radical (unpaired) electrons. The summed E-state index contributed by atoms with van der Waals surface area (Å²) in [6.45, 7) is 3.08. The van der Waals surface area contributed by atoms with Crippen molar-refractivity contribution in [2.45, 2.75) is 0 Å². The smallest absolute Gasteiger partial charge is 0.344 e. The van der Waals surface area contributed by atoms with Gasteiger partial charge in [0.2, 0.25) is 7.37 Å². The fraction of sp³-hybridized carbons (Fsp3) is 0.0909. The first-order valence-electron chi connectivity index (χ1n) is 8.75. The number of esters is 1. The Balaban J connectivity index is 1.92. The van der Waals surface area contributed by atoms with Gasteiger partial charge in [-0.3, -0.25) is 4.57 Å². The number of carbonyl (C=O) groups excluding carboxylic acids is 1. The average molecular weight is 391 g/mol. The van der Waals surface area contributed by atoms with Crippen molar-refractivity contribution >= 4 is 35.1 Å². The number of para-hydroxylation sites is 2. The summed E-state index contributed by atoms with van der Waals surface area (Å²) in [5.74, 6) is 0.398. The lowest BCUT2D eigenvalue weighted by molar-refractivity contribution is 0.0739. The van der Waals surface area contributed by atoms with Crippen LogP contribution in [0, 0.1) is 0 Å². The Morgan fingerprint density at radius 1 is 0.821 bits per heavy atom. The van der Waals surface area contributed by atoms with Crippen LogP contribution in [0.15, 0.2) is 72.8 Å². The van der Waals surface area contributed by atoms with Crippen molar-refractivity contribution in [3.05, 3.63) is 78.4 Å². The Morgan fingerprint density at radius 3 is 2.25 bits per heavy atom. The maximum absolute atomic E-state index is 13.1. The van der Waals surface area contributed by atoms with Crippen LogP contribution in [-0.4, -0.2) is 24.3 Å². The minimum atomic E-state index is -2.74. The van der Waals surface area contributed by atoms with Gasteiger partial charge in [0.15, 0.2) is 0 Å². The lowest BCUT2D eigenvalue weighted by atomic mass is 10.0. The van der Waals surface area contributed by atoms with Gasteiger partial charge in [-0.15, -0.1) is 0 Å². The summed E-state index contributed by atoms with van der Waals surface area (Å²) in [6, 6.07) is 21.5. The zero-order chi connectivity index (χ0) is 19.7. The van der Waals surface area contributed by atoms with Crippen LogP contribution in [0.5, 0.6) is 11.5 Å². The van der Waals surface area contributed by atoms with Crippen LogP contribution in [0.4, 0.5) is 0 Å². The van der Waals surface area contributed by atoms with Crippen molar-refractivity contribution in [2.75, 3.05) is 13.3 Å². The molecule has 0 N–H and O–H groups in total. The molecule has 0 atom stereocenters. The molecule has 0 aliphatic carbocycles. The Labute approximate surface area is 162 Å². The van der Waals surface area contributed by atoms with Gasteiger partial charge in [0.1, 0.15) is 11.5 Å². The van der Waals surface area contributed by atoms with Crippen LogP contribution in [0.2, 0.25) is 0 Å². The highest BCUT2D eigenvalue weighted by Crippen LogP contribution is 2.40. The van der Waals surface area contributed by atoms with Crippen LogP contribution < -0.4 is 9.26 Å². The maximum atomic E-state index is 13.1. The predicted molar refractivity (Wildman–Crippen MR) is 111 cm³/mol. The fourth-order valence-corrected chi connectivity index (χ4v) is 3.67. The minimum absolute atomic E-state index is 0.400. The Morgan fingerprint density at radius 2 is 1.50 bits per heavy atom. The lowest BCUT2D eigenvalue weighted by Crippen LogP contribution is -2.10. The molecule has 0 aliphatic heterocycles. The number of pyridine rings is 1. The van der Waals surface area contributed by atoms with E-state index in [1.807, 2.05) is 30.3 Å². The number of benzene rings is 3. The zero-order valence-corrected chi connectivity index (χ0v) is 16.4. The van der Waals surface area contributed by atoms with E-state index < -0.39 is 13.3 Å². The number of carbonyl (C=O) groups is 1. The molecule has 0 fully saturated rings. The molecule has 6 heteroatoms. The largest absolute Gasteiger partial charge is 0.443 e. The molecule has 0 bridgehead atoms. The van der Waals surface area contributed by atoms with E-state index in [1.165, 1.54) is 0 Å². The van der Waals surface area contributed by atoms with Crippen molar-refractivity contribution in [3.8, 4) is 11.5 Å². The van der Waals surface area contributed by atoms with Crippen LogP contribution in [0.1, 0.15) is 10.4 Å². The van der Waals surface area contributed by atoms with E-state index in [9.17, 15) is 9.36 Å². The molecule has 1 heterocycles. The monoisotopic (exact) mass is 391 g/mol. The quantitative estimate of drug-likeness (QED) is 0.198. The molecule has 5 nitrogen and oxygen atoms in total. The van der Waals surface area contributed by atoms with Gasteiger partial charge in [0.05, 0.1) is 16.6 Å². The summed E-state index contributed by atoms with van der Waals surface area (Å²) in [7, 11) is -2.74. The van der Waals surface area contributed by atoms with E-state index in [2.05, 4.69) is 4.98 Å². The molecule has 0 amide bonds. The third-order valence-corrected chi connectivity index (χ3v) is 4.79. The number of aromatic nitrogens is 1. The van der Waals surface area contributed by atoms with E-state index in [-0.39, 0.29) is 0 Å². The van der Waals surface area contributed by atoms with Gasteiger partial charge in [-0.05, 0) is 36.4 Å². The molecular formula is C22H18NO4P. The SMILES string of the molecule is CP(C)(=O)Oc1ccc2nc3ccccc3c(C(=O)Oc3ccccc3)c2c1. The normalized spacial score (nSPS) is 11.5. The van der Waals surface area contributed by atoms with Gasteiger partial charge in [0, 0.05) is 24.1 Å². The second-order valence-electron chi connectivity index (χ2n) is 6.73. The van der Waals surface area contributed by atoms with Gasteiger partial charge in [-0.2, -0.15) is 0 Å². The van der Waals surface area contributed by atoms with Crippen LogP contribution in [0.25, 0.3) is 21.8 Å². The first-order valence-corrected chi connectivity index (χ1v) is 11.3. The first-order chi connectivity index (χ1) is 13.4. The molecule has 28 heavy (non-hydrogen) atoms. The molecule has 0 spiro atoms. The van der Waals surface area contributed by atoms with Gasteiger partial charge < -0.3 is 9.26 Å². The molecule has 3 aromatic carbocycles. The molecular weight excluding hydrogens is 373 g/mol. The van der Waals surface area contributed by atoms with E-state index >= 15 is 0 Å². The second kappa shape index (κ2) is 7.10. The molecule has 0 saturated carbocycles. The number of rotatable bonds is 4. The minimum Gasteiger partial charge on any atom is -0.443 e. The van der Waals surface area contributed by atoms with Gasteiger partial charge in [-0.25, -0.2) is 9.78 Å². The summed E-state index contributed by atoms with van der Waals surface area (Å²) in [6.07, 6.45) is 0. The summed E-state index contributed by atoms with van der Waals surface area (Å²) < 4.78 is 23.2. The highest BCUT2D eigenvalue weighted by atomic mass is 31.2. The molecule has 140 valence electrons.